The van der Waals surface area contributed by atoms with Gasteiger partial charge in [0.05, 0.1) is 18.0 Å². The van der Waals surface area contributed by atoms with Gasteiger partial charge in [-0.3, -0.25) is 5.41 Å². The van der Waals surface area contributed by atoms with Gasteiger partial charge in [-0.25, -0.2) is 10.0 Å². The number of hydrogen-bond donors (Lipinski definition) is 5. The Morgan fingerprint density at radius 2 is 2.05 bits per heavy atom. The Morgan fingerprint density at radius 1 is 1.33 bits per heavy atom. The molecule has 0 bridgehead atoms. The Bertz CT molecular complexity index is 639. The number of nitrogens with zero attached hydrogens (tertiary/aromatic N) is 3. The van der Waals surface area contributed by atoms with Crippen LogP contribution < -0.4 is 5.32 Å². The summed E-state index contributed by atoms with van der Waals surface area (Å²) in [6, 6.07) is 2.61. The Balaban J connectivity index is 2.36. The number of amidine groups is 1. The molecule has 8 nitrogen and oxygen atoms in total. The van der Waals surface area contributed by atoms with E-state index in [1.54, 1.807) is 14.0 Å². The van der Waals surface area contributed by atoms with Crippen LogP contribution in [0.2, 0.25) is 0 Å². The summed E-state index contributed by atoms with van der Waals surface area (Å²) in [5, 5.41) is 44.7. The van der Waals surface area contributed by atoms with Crippen molar-refractivity contribution in [1.82, 2.24) is 5.01 Å². The van der Waals surface area contributed by atoms with Gasteiger partial charge < -0.3 is 20.6 Å². The second-order valence-electron chi connectivity index (χ2n) is 4.53. The largest absolute Gasteiger partial charge is 0.506 e. The van der Waals surface area contributed by atoms with Crippen LogP contribution in [0, 0.1) is 5.41 Å². The normalized spacial score (nSPS) is 16.5. The second-order valence-corrected chi connectivity index (χ2v) is 4.53. The molecule has 21 heavy (non-hydrogen) atoms. The molecule has 0 aliphatic carbocycles. The van der Waals surface area contributed by atoms with Gasteiger partial charge in [-0.1, -0.05) is 0 Å². The molecule has 0 saturated carbocycles. The zero-order chi connectivity index (χ0) is 15.6. The molecule has 1 aliphatic heterocycles. The number of aliphatic hydroxyl groups excluding tert-OH is 1. The average molecular weight is 291 g/mol. The fourth-order valence-electron chi connectivity index (χ4n) is 1.89. The highest BCUT2D eigenvalue weighted by Gasteiger charge is 2.23. The maximum atomic E-state index is 9.97. The molecular weight excluding hydrogens is 274 g/mol. The smallest absolute Gasteiger partial charge is 0.169 e. The highest BCUT2D eigenvalue weighted by molar-refractivity contribution is 6.69. The molecule has 0 radical (unpaired) electrons. The topological polar surface area (TPSA) is 125 Å². The zero-order valence-electron chi connectivity index (χ0n) is 11.8. The maximum Gasteiger partial charge on any atom is 0.169 e. The van der Waals surface area contributed by atoms with Crippen LogP contribution in [0.15, 0.2) is 22.2 Å². The molecule has 0 spiro atoms. The lowest BCUT2D eigenvalue weighted by Gasteiger charge is -2.10. The van der Waals surface area contributed by atoms with Crippen molar-refractivity contribution in [2.75, 3.05) is 25.5 Å². The summed E-state index contributed by atoms with van der Waals surface area (Å²) in [6.45, 7) is 1.87. The van der Waals surface area contributed by atoms with E-state index in [4.69, 9.17) is 10.5 Å². The molecule has 5 N–H and O–H groups in total. The lowest BCUT2D eigenvalue weighted by Crippen LogP contribution is -2.23. The van der Waals surface area contributed by atoms with Crippen molar-refractivity contribution in [1.29, 1.82) is 5.41 Å². The van der Waals surface area contributed by atoms with E-state index >= 15 is 0 Å². The summed E-state index contributed by atoms with van der Waals surface area (Å²) in [7, 11) is 1.63. The number of hydrogen-bond acceptors (Lipinski definition) is 7. The number of hydrazone groups is 1. The van der Waals surface area contributed by atoms with Crippen LogP contribution in [0.3, 0.4) is 0 Å². The van der Waals surface area contributed by atoms with Gasteiger partial charge in [-0.15, -0.1) is 0 Å². The van der Waals surface area contributed by atoms with Crippen molar-refractivity contribution in [3.63, 3.8) is 0 Å². The molecule has 0 atom stereocenters. The number of anilines is 1. The van der Waals surface area contributed by atoms with Gasteiger partial charge in [0.25, 0.3) is 0 Å². The van der Waals surface area contributed by atoms with E-state index in [1.807, 2.05) is 0 Å². The summed E-state index contributed by atoms with van der Waals surface area (Å²) in [4.78, 5) is 4.18. The Kier molecular flexibility index (Phi) is 4.08. The molecule has 0 saturated heterocycles. The molecular formula is C13H17N5O3. The predicted molar refractivity (Wildman–Crippen MR) is 81.0 cm³/mol. The standard InChI is InChI=1S/C13H17N5O3/c1-7-12(13(14)18(2)17-7)16-9-6-10(20)8(5-11(9)21)15-3-4-19/h5-6,14-15,19-21H,3-4H2,1-2H3. The quantitative estimate of drug-likeness (QED) is 0.416. The van der Waals surface area contributed by atoms with Gasteiger partial charge in [0.15, 0.2) is 5.84 Å². The molecule has 0 amide bonds. The highest BCUT2D eigenvalue weighted by Crippen LogP contribution is 2.37. The number of aliphatic imine (C=N–C) groups is 1. The molecule has 1 heterocycles. The summed E-state index contributed by atoms with van der Waals surface area (Å²) < 4.78 is 0. The number of benzene rings is 1. The van der Waals surface area contributed by atoms with Crippen LogP contribution in [-0.2, 0) is 0 Å². The Morgan fingerprint density at radius 3 is 2.62 bits per heavy atom. The number of rotatable bonds is 4. The molecule has 8 heteroatoms. The van der Waals surface area contributed by atoms with Crippen molar-refractivity contribution < 1.29 is 15.3 Å². The SMILES string of the molecule is CC1=NN(C)C(=N)C1=Nc1cc(O)c(NCCO)cc1O. The van der Waals surface area contributed by atoms with Crippen molar-refractivity contribution in [3.8, 4) is 11.5 Å². The van der Waals surface area contributed by atoms with Crippen LogP contribution in [0.1, 0.15) is 6.92 Å². The molecule has 0 unspecified atom stereocenters. The van der Waals surface area contributed by atoms with Gasteiger partial charge >= 0.3 is 0 Å². The van der Waals surface area contributed by atoms with Crippen LogP contribution in [-0.4, -0.2) is 57.8 Å². The van der Waals surface area contributed by atoms with Crippen molar-refractivity contribution >= 4 is 28.6 Å². The van der Waals surface area contributed by atoms with E-state index in [-0.39, 0.29) is 36.2 Å². The number of nitrogens with one attached hydrogen (secondary N) is 2. The summed E-state index contributed by atoms with van der Waals surface area (Å²) in [5.41, 5.74) is 1.34. The third kappa shape index (κ3) is 2.95. The van der Waals surface area contributed by atoms with Gasteiger partial charge in [-0.2, -0.15) is 5.10 Å². The average Bonchev–Trinajstić information content (AvgIpc) is 2.67. The van der Waals surface area contributed by atoms with E-state index in [0.717, 1.165) is 0 Å². The monoisotopic (exact) mass is 291 g/mol. The van der Waals surface area contributed by atoms with E-state index < -0.39 is 0 Å². The first-order valence-electron chi connectivity index (χ1n) is 6.31. The van der Waals surface area contributed by atoms with Gasteiger partial charge in [0.1, 0.15) is 22.9 Å². The van der Waals surface area contributed by atoms with Crippen molar-refractivity contribution in [2.24, 2.45) is 10.1 Å². The summed E-state index contributed by atoms with van der Waals surface area (Å²) in [5.74, 6) is -0.127. The minimum absolute atomic E-state index is 0.0938. The number of aliphatic hydroxyl groups is 1. The molecule has 112 valence electrons. The minimum Gasteiger partial charge on any atom is -0.506 e. The van der Waals surface area contributed by atoms with E-state index in [0.29, 0.717) is 17.1 Å². The summed E-state index contributed by atoms with van der Waals surface area (Å²) in [6.07, 6.45) is 0. The first kappa shape index (κ1) is 14.8. The summed E-state index contributed by atoms with van der Waals surface area (Å²) >= 11 is 0. The van der Waals surface area contributed by atoms with Gasteiger partial charge in [-0.05, 0) is 6.92 Å². The third-order valence-electron chi connectivity index (χ3n) is 2.94. The highest BCUT2D eigenvalue weighted by atomic mass is 16.3. The maximum absolute atomic E-state index is 9.97. The molecule has 1 aliphatic rings. The first-order chi connectivity index (χ1) is 9.93. The second kappa shape index (κ2) is 5.80. The zero-order valence-corrected chi connectivity index (χ0v) is 11.8. The van der Waals surface area contributed by atoms with E-state index in [1.165, 1.54) is 17.1 Å². The fourth-order valence-corrected chi connectivity index (χ4v) is 1.89. The van der Waals surface area contributed by atoms with Crippen LogP contribution >= 0.6 is 0 Å². The molecule has 2 rings (SSSR count). The van der Waals surface area contributed by atoms with Crippen LogP contribution in [0.4, 0.5) is 11.4 Å². The van der Waals surface area contributed by atoms with Gasteiger partial charge in [0.2, 0.25) is 0 Å². The van der Waals surface area contributed by atoms with E-state index in [2.05, 4.69) is 15.4 Å². The number of phenolic OH excluding ortho intramolecular Hbond substituents is 2. The van der Waals surface area contributed by atoms with Crippen molar-refractivity contribution in [2.45, 2.75) is 6.92 Å². The predicted octanol–water partition coefficient (Wildman–Crippen LogP) is 0.873. The van der Waals surface area contributed by atoms with Gasteiger partial charge in [0, 0.05) is 25.7 Å². The van der Waals surface area contributed by atoms with Crippen molar-refractivity contribution in [3.05, 3.63) is 12.1 Å². The van der Waals surface area contributed by atoms with E-state index in [9.17, 15) is 10.2 Å². The molecule has 0 aromatic heterocycles. The first-order valence-corrected chi connectivity index (χ1v) is 6.31. The molecule has 1 aromatic rings. The molecule has 1 aromatic carbocycles. The lowest BCUT2D eigenvalue weighted by atomic mass is 10.2. The molecule has 0 fully saturated rings. The Hall–Kier alpha value is -2.61. The van der Waals surface area contributed by atoms with Crippen LogP contribution in [0.5, 0.6) is 11.5 Å². The lowest BCUT2D eigenvalue weighted by molar-refractivity contribution is 0.311. The number of aromatic hydroxyl groups is 2. The fraction of sp³-hybridized carbons (Fsp3) is 0.308. The van der Waals surface area contributed by atoms with Crippen LogP contribution in [0.25, 0.3) is 0 Å². The Labute approximate surface area is 121 Å². The third-order valence-corrected chi connectivity index (χ3v) is 2.94. The number of phenols is 2. The minimum atomic E-state index is -0.143.